The second-order valence-corrected chi connectivity index (χ2v) is 5.55. The number of carboxylic acid groups (broad SMARTS) is 3. The van der Waals surface area contributed by atoms with Crippen LogP contribution in [-0.2, 0) is 33.5 Å². The molecule has 0 heterocycles. The van der Waals surface area contributed by atoms with Crippen LogP contribution in [0.3, 0.4) is 0 Å². The SMILES string of the molecule is COC(=O)C(=O)CCCCCC(=O)O.O=C(O)CCCCCC(=O)C(=O)O.[2H]B=N. The van der Waals surface area contributed by atoms with E-state index in [2.05, 4.69) is 4.74 Å². The van der Waals surface area contributed by atoms with Crippen molar-refractivity contribution in [1.82, 2.24) is 0 Å². The third-order valence-corrected chi connectivity index (χ3v) is 3.24. The molecule has 11 nitrogen and oxygen atoms in total. The van der Waals surface area contributed by atoms with Gasteiger partial charge >= 0.3 is 38.1 Å². The fourth-order valence-corrected chi connectivity index (χ4v) is 1.80. The Hall–Kier alpha value is -2.92. The Bertz CT molecular complexity index is 583. The van der Waals surface area contributed by atoms with Gasteiger partial charge in [0.2, 0.25) is 11.6 Å². The van der Waals surface area contributed by atoms with Crippen LogP contribution < -0.4 is 0 Å². The van der Waals surface area contributed by atoms with Gasteiger partial charge in [-0.1, -0.05) is 12.8 Å². The van der Waals surface area contributed by atoms with Crippen LogP contribution in [0, 0.1) is 5.31 Å². The molecule has 0 bridgehead atoms. The number of hydrogen-bond donors (Lipinski definition) is 4. The van der Waals surface area contributed by atoms with Gasteiger partial charge in [-0.05, 0) is 25.7 Å². The molecule has 0 aliphatic carbocycles. The Labute approximate surface area is 170 Å². The molecule has 0 rings (SSSR count). The molecular formula is C17H28BNO10. The first-order valence-electron chi connectivity index (χ1n) is 9.29. The third kappa shape index (κ3) is 25.1. The van der Waals surface area contributed by atoms with Crippen molar-refractivity contribution in [2.75, 3.05) is 7.11 Å². The number of carbonyl (C=O) groups excluding carboxylic acids is 3. The first kappa shape index (κ1) is 28.3. The van der Waals surface area contributed by atoms with Crippen LogP contribution in [0.5, 0.6) is 0 Å². The quantitative estimate of drug-likeness (QED) is 0.137. The first-order chi connectivity index (χ1) is 14.0. The molecule has 164 valence electrons. The van der Waals surface area contributed by atoms with Crippen LogP contribution in [-0.4, -0.2) is 66.8 Å². The minimum atomic E-state index is -1.42. The Morgan fingerprint density at radius 1 is 0.759 bits per heavy atom. The number of methoxy groups -OCH3 is 1. The number of nitrogens with one attached hydrogen (secondary N) is 1. The zero-order valence-electron chi connectivity index (χ0n) is 17.3. The van der Waals surface area contributed by atoms with Crippen molar-refractivity contribution in [1.29, 1.82) is 6.65 Å². The van der Waals surface area contributed by atoms with Crippen LogP contribution in [0.4, 0.5) is 0 Å². The van der Waals surface area contributed by atoms with Crippen LogP contribution in [0.15, 0.2) is 0 Å². The van der Waals surface area contributed by atoms with E-state index in [-0.39, 0.29) is 25.7 Å². The monoisotopic (exact) mass is 418 g/mol. The molecule has 0 aromatic carbocycles. The van der Waals surface area contributed by atoms with Gasteiger partial charge < -0.3 is 20.1 Å². The van der Waals surface area contributed by atoms with Gasteiger partial charge in [0, 0.05) is 25.7 Å². The normalized spacial score (nSPS) is 9.21. The van der Waals surface area contributed by atoms with E-state index >= 15 is 0 Å². The summed E-state index contributed by atoms with van der Waals surface area (Å²) in [5, 5.41) is 30.5. The van der Waals surface area contributed by atoms with Crippen molar-refractivity contribution in [2.45, 2.75) is 64.2 Å². The summed E-state index contributed by atoms with van der Waals surface area (Å²) in [7, 11) is 1.66. The van der Waals surface area contributed by atoms with Crippen molar-refractivity contribution in [3.05, 3.63) is 0 Å². The van der Waals surface area contributed by atoms with Crippen molar-refractivity contribution in [3.8, 4) is 0 Å². The summed E-state index contributed by atoms with van der Waals surface area (Å²) >= 11 is 0. The second-order valence-electron chi connectivity index (χ2n) is 5.55. The van der Waals surface area contributed by atoms with E-state index in [1.807, 2.05) is 0 Å². The van der Waals surface area contributed by atoms with E-state index in [0.717, 1.165) is 7.11 Å². The molecule has 0 radical (unpaired) electrons. The van der Waals surface area contributed by atoms with E-state index < -0.39 is 35.4 Å². The maximum atomic E-state index is 10.9. The van der Waals surface area contributed by atoms with Crippen LogP contribution >= 0.6 is 0 Å². The van der Waals surface area contributed by atoms with Crippen molar-refractivity contribution >= 4 is 43.0 Å². The molecule has 0 saturated carbocycles. The Morgan fingerprint density at radius 3 is 1.41 bits per heavy atom. The predicted molar refractivity (Wildman–Crippen MR) is 101 cm³/mol. The van der Waals surface area contributed by atoms with Crippen LogP contribution in [0.1, 0.15) is 64.2 Å². The van der Waals surface area contributed by atoms with E-state index in [1.165, 1.54) is 0 Å². The molecule has 0 atom stereocenters. The van der Waals surface area contributed by atoms with Crippen molar-refractivity contribution in [3.63, 3.8) is 0 Å². The van der Waals surface area contributed by atoms with E-state index in [0.29, 0.717) is 46.1 Å². The average Bonchev–Trinajstić information content (AvgIpc) is 2.67. The van der Waals surface area contributed by atoms with Crippen LogP contribution in [0.2, 0.25) is 0 Å². The van der Waals surface area contributed by atoms with Gasteiger partial charge in [-0.25, -0.2) is 9.59 Å². The Morgan fingerprint density at radius 2 is 1.10 bits per heavy atom. The molecule has 0 amide bonds. The molecule has 0 aromatic heterocycles. The number of aliphatic carboxylic acids is 3. The van der Waals surface area contributed by atoms with Gasteiger partial charge in [0.1, 0.15) is 0 Å². The van der Waals surface area contributed by atoms with Gasteiger partial charge in [0.05, 0.1) is 7.11 Å². The molecule has 0 spiro atoms. The van der Waals surface area contributed by atoms with E-state index in [1.54, 1.807) is 0 Å². The molecule has 0 unspecified atom stereocenters. The topological polar surface area (TPSA) is 196 Å². The van der Waals surface area contributed by atoms with Gasteiger partial charge in [-0.3, -0.25) is 19.2 Å². The summed E-state index contributed by atoms with van der Waals surface area (Å²) < 4.78 is 9.97. The van der Waals surface area contributed by atoms with Crippen molar-refractivity contribution < 1.29 is 48.8 Å². The Kier molecular flexibility index (Phi) is 20.9. The summed E-state index contributed by atoms with van der Waals surface area (Å²) in [4.78, 5) is 62.2. The first-order valence-corrected chi connectivity index (χ1v) is 8.71. The summed E-state index contributed by atoms with van der Waals surface area (Å²) in [6, 6.07) is 0. The average molecular weight is 418 g/mol. The number of unbranched alkanes of at least 4 members (excludes halogenated alkanes) is 4. The van der Waals surface area contributed by atoms with E-state index in [9.17, 15) is 28.8 Å². The fraction of sp³-hybridized carbons (Fsp3) is 0.647. The number of ether oxygens (including phenoxy) is 1. The molecule has 0 fully saturated rings. The minimum absolute atomic E-state index is 0.00501. The zero-order valence-corrected chi connectivity index (χ0v) is 16.3. The van der Waals surface area contributed by atoms with Gasteiger partial charge in [-0.2, -0.15) is 0 Å². The summed E-state index contributed by atoms with van der Waals surface area (Å²) in [6.07, 6.45) is 3.50. The fourth-order valence-electron chi connectivity index (χ4n) is 1.80. The maximum absolute atomic E-state index is 10.9. The number of hydrogen-bond acceptors (Lipinski definition) is 8. The van der Waals surface area contributed by atoms with Crippen LogP contribution in [0.25, 0.3) is 0 Å². The Balaban J connectivity index is -0.000000430. The number of rotatable bonds is 14. The standard InChI is InChI=1S/C9H14O5.C8H12O5.BH2N/c1-14-9(13)7(10)5-3-2-4-6-8(11)12;9-6(8(12)13)4-2-1-3-5-7(10)11;1-2/h2-6H2,1H3,(H,11,12);1-5H2,(H,10,11)(H,12,13);1-2H/i;;1D. The molecule has 0 aliphatic heterocycles. The molecule has 29 heavy (non-hydrogen) atoms. The number of esters is 1. The number of Topliss-reactive ketones (excluding diaryl/α,β-unsaturated/α-hetero) is 2. The zero-order chi connectivity index (χ0) is 23.9. The molecule has 0 saturated heterocycles. The molecule has 0 aromatic rings. The third-order valence-electron chi connectivity index (χ3n) is 3.24. The molecule has 0 aliphatic rings. The summed E-state index contributed by atoms with van der Waals surface area (Å²) in [6.45, 7) is 0. The van der Waals surface area contributed by atoms with Gasteiger partial charge in [-0.15, -0.1) is 0 Å². The molecular weight excluding hydrogens is 389 g/mol. The predicted octanol–water partition coefficient (Wildman–Crippen LogP) is 1.09. The summed E-state index contributed by atoms with van der Waals surface area (Å²) in [5.74, 6) is -5.33. The number of ketones is 2. The molecule has 4 N–H and O–H groups in total. The van der Waals surface area contributed by atoms with Crippen molar-refractivity contribution in [2.24, 2.45) is 0 Å². The number of carbonyl (C=O) groups is 6. The summed E-state index contributed by atoms with van der Waals surface area (Å²) in [5.41, 5.74) is 0. The number of carboxylic acids is 3. The van der Waals surface area contributed by atoms with E-state index in [4.69, 9.17) is 22.0 Å². The second kappa shape index (κ2) is 21.4. The van der Waals surface area contributed by atoms with Gasteiger partial charge in [0.15, 0.2) is 0 Å². The molecule has 12 heteroatoms. The van der Waals surface area contributed by atoms with Gasteiger partial charge in [0.25, 0.3) is 0 Å².